The highest BCUT2D eigenvalue weighted by molar-refractivity contribution is 7.88. The Kier molecular flexibility index (Phi) is 5.95. The molecule has 1 aromatic carbocycles. The number of carbonyl (C=O) groups excluding carboxylic acids is 1. The molecule has 7 nitrogen and oxygen atoms in total. The van der Waals surface area contributed by atoms with Crippen molar-refractivity contribution in [3.63, 3.8) is 0 Å². The van der Waals surface area contributed by atoms with Crippen LogP contribution in [0.5, 0.6) is 11.5 Å². The van der Waals surface area contributed by atoms with Crippen molar-refractivity contribution >= 4 is 15.9 Å². The van der Waals surface area contributed by atoms with Crippen LogP contribution in [0.2, 0.25) is 0 Å². The fourth-order valence-corrected chi connectivity index (χ4v) is 5.03. The number of benzene rings is 1. The molecule has 8 heteroatoms. The molecule has 2 aliphatic heterocycles. The quantitative estimate of drug-likeness (QED) is 0.761. The Labute approximate surface area is 161 Å². The van der Waals surface area contributed by atoms with Gasteiger partial charge in [0.1, 0.15) is 0 Å². The monoisotopic (exact) mass is 396 g/mol. The average Bonchev–Trinajstić information content (AvgIpc) is 3.16. The summed E-state index contributed by atoms with van der Waals surface area (Å²) in [5, 5.41) is 0. The largest absolute Gasteiger partial charge is 0.493 e. The van der Waals surface area contributed by atoms with Crippen molar-refractivity contribution in [2.24, 2.45) is 5.92 Å². The van der Waals surface area contributed by atoms with Crippen molar-refractivity contribution in [2.75, 3.05) is 40.1 Å². The summed E-state index contributed by atoms with van der Waals surface area (Å²) >= 11 is 0. The minimum absolute atomic E-state index is 0.00841. The Morgan fingerprint density at radius 2 is 1.78 bits per heavy atom. The van der Waals surface area contributed by atoms with E-state index in [2.05, 4.69) is 0 Å². The van der Waals surface area contributed by atoms with E-state index in [1.165, 1.54) is 10.6 Å². The van der Waals surface area contributed by atoms with Crippen LogP contribution >= 0.6 is 0 Å². The highest BCUT2D eigenvalue weighted by Gasteiger charge is 2.37. The van der Waals surface area contributed by atoms with E-state index < -0.39 is 10.0 Å². The van der Waals surface area contributed by atoms with Crippen LogP contribution < -0.4 is 9.47 Å². The molecule has 2 saturated heterocycles. The van der Waals surface area contributed by atoms with Gasteiger partial charge >= 0.3 is 0 Å². The number of ether oxygens (including phenoxy) is 2. The molecule has 2 aliphatic rings. The zero-order valence-electron chi connectivity index (χ0n) is 16.2. The number of piperidine rings is 1. The van der Waals surface area contributed by atoms with Gasteiger partial charge in [0.15, 0.2) is 11.5 Å². The zero-order chi connectivity index (χ0) is 19.6. The Morgan fingerprint density at radius 3 is 2.44 bits per heavy atom. The summed E-state index contributed by atoms with van der Waals surface area (Å²) in [6.07, 6.45) is 4.50. The van der Waals surface area contributed by atoms with Crippen molar-refractivity contribution in [1.82, 2.24) is 9.21 Å². The van der Waals surface area contributed by atoms with Gasteiger partial charge in [-0.1, -0.05) is 6.07 Å². The molecule has 2 fully saturated rings. The molecule has 0 bridgehead atoms. The number of sulfonamides is 1. The summed E-state index contributed by atoms with van der Waals surface area (Å²) < 4.78 is 35.9. The second-order valence-electron chi connectivity index (χ2n) is 7.26. The first-order chi connectivity index (χ1) is 12.8. The van der Waals surface area contributed by atoms with E-state index in [4.69, 9.17) is 9.47 Å². The minimum Gasteiger partial charge on any atom is -0.493 e. The maximum Gasteiger partial charge on any atom is 0.227 e. The number of hydrogen-bond acceptors (Lipinski definition) is 5. The van der Waals surface area contributed by atoms with Crippen LogP contribution in [0.3, 0.4) is 0 Å². The third-order valence-corrected chi connectivity index (χ3v) is 6.80. The van der Waals surface area contributed by atoms with Crippen LogP contribution in [0, 0.1) is 5.92 Å². The number of rotatable bonds is 5. The van der Waals surface area contributed by atoms with Gasteiger partial charge in [-0.15, -0.1) is 0 Å². The number of carbonyl (C=O) groups is 1. The van der Waals surface area contributed by atoms with Crippen LogP contribution in [0.1, 0.15) is 37.3 Å². The van der Waals surface area contributed by atoms with Crippen molar-refractivity contribution in [1.29, 1.82) is 0 Å². The molecule has 0 aromatic heterocycles. The summed E-state index contributed by atoms with van der Waals surface area (Å²) in [5.74, 6) is 1.10. The van der Waals surface area contributed by atoms with Gasteiger partial charge in [-0.05, 0) is 43.4 Å². The molecule has 0 N–H and O–H groups in total. The van der Waals surface area contributed by atoms with Crippen molar-refractivity contribution < 1.29 is 22.7 Å². The van der Waals surface area contributed by atoms with E-state index in [0.29, 0.717) is 24.6 Å². The highest BCUT2D eigenvalue weighted by atomic mass is 32.2. The van der Waals surface area contributed by atoms with E-state index in [1.807, 2.05) is 23.1 Å². The fraction of sp³-hybridized carbons (Fsp3) is 0.632. The van der Waals surface area contributed by atoms with Gasteiger partial charge in [0.2, 0.25) is 15.9 Å². The lowest BCUT2D eigenvalue weighted by atomic mass is 9.96. The van der Waals surface area contributed by atoms with Gasteiger partial charge < -0.3 is 14.4 Å². The van der Waals surface area contributed by atoms with Crippen LogP contribution in [0.4, 0.5) is 0 Å². The van der Waals surface area contributed by atoms with Crippen molar-refractivity contribution in [3.05, 3.63) is 23.8 Å². The lowest BCUT2D eigenvalue weighted by Gasteiger charge is -2.34. The van der Waals surface area contributed by atoms with Gasteiger partial charge in [0.25, 0.3) is 0 Å². The topological polar surface area (TPSA) is 76.2 Å². The molecule has 150 valence electrons. The van der Waals surface area contributed by atoms with Crippen LogP contribution in [0.25, 0.3) is 0 Å². The maximum absolute atomic E-state index is 13.2. The van der Waals surface area contributed by atoms with Gasteiger partial charge in [-0.25, -0.2) is 12.7 Å². The Balaban J connectivity index is 1.79. The van der Waals surface area contributed by atoms with Crippen molar-refractivity contribution in [2.45, 2.75) is 31.7 Å². The molecular formula is C19H28N2O5S. The second kappa shape index (κ2) is 8.06. The van der Waals surface area contributed by atoms with E-state index in [0.717, 1.165) is 31.2 Å². The fourth-order valence-electron chi connectivity index (χ4n) is 4.12. The molecule has 0 unspecified atom stereocenters. The summed E-state index contributed by atoms with van der Waals surface area (Å²) in [5.41, 5.74) is 1.02. The normalized spacial score (nSPS) is 24.0. The maximum atomic E-state index is 13.2. The second-order valence-corrected chi connectivity index (χ2v) is 9.25. The molecule has 1 aromatic rings. The number of methoxy groups -OCH3 is 2. The standard InChI is InChI=1S/C19H28N2O5S/c1-25-17-9-8-14(12-18(17)26-2)16-7-5-11-21(16)19(22)15-6-4-10-20(13-15)27(3,23)24/h8-9,12,15-16H,4-7,10-11,13H2,1-3H3/t15-,16+/m1/s1. The lowest BCUT2D eigenvalue weighted by Crippen LogP contribution is -2.46. The summed E-state index contributed by atoms with van der Waals surface area (Å²) in [6, 6.07) is 5.76. The van der Waals surface area contributed by atoms with Crippen molar-refractivity contribution in [3.8, 4) is 11.5 Å². The molecule has 3 rings (SSSR count). The summed E-state index contributed by atoms with van der Waals surface area (Å²) in [6.45, 7) is 1.49. The molecular weight excluding hydrogens is 368 g/mol. The molecule has 0 saturated carbocycles. The average molecular weight is 397 g/mol. The first-order valence-corrected chi connectivity index (χ1v) is 11.2. The third kappa shape index (κ3) is 4.21. The smallest absolute Gasteiger partial charge is 0.227 e. The first-order valence-electron chi connectivity index (χ1n) is 9.32. The Morgan fingerprint density at radius 1 is 1.07 bits per heavy atom. The molecule has 27 heavy (non-hydrogen) atoms. The van der Waals surface area contributed by atoms with E-state index in [9.17, 15) is 13.2 Å². The highest BCUT2D eigenvalue weighted by Crippen LogP contribution is 2.38. The SMILES string of the molecule is COc1ccc([C@@H]2CCCN2C(=O)[C@@H]2CCCN(S(C)(=O)=O)C2)cc1OC. The van der Waals surface area contributed by atoms with E-state index >= 15 is 0 Å². The number of amides is 1. The van der Waals surface area contributed by atoms with Crippen LogP contribution in [-0.4, -0.2) is 63.6 Å². The summed E-state index contributed by atoms with van der Waals surface area (Å²) in [7, 11) is -0.0711. The van der Waals surface area contributed by atoms with Crippen LogP contribution in [-0.2, 0) is 14.8 Å². The molecule has 2 atom stereocenters. The number of nitrogens with zero attached hydrogens (tertiary/aromatic N) is 2. The summed E-state index contributed by atoms with van der Waals surface area (Å²) in [4.78, 5) is 15.1. The Bertz CT molecular complexity index is 795. The van der Waals surface area contributed by atoms with Crippen LogP contribution in [0.15, 0.2) is 18.2 Å². The molecule has 0 spiro atoms. The molecule has 0 aliphatic carbocycles. The lowest BCUT2D eigenvalue weighted by molar-refractivity contribution is -0.137. The number of hydrogen-bond donors (Lipinski definition) is 0. The van der Waals surface area contributed by atoms with Gasteiger partial charge in [-0.2, -0.15) is 0 Å². The van der Waals surface area contributed by atoms with E-state index in [-0.39, 0.29) is 24.4 Å². The third-order valence-electron chi connectivity index (χ3n) is 5.53. The molecule has 0 radical (unpaired) electrons. The predicted molar refractivity (Wildman–Crippen MR) is 102 cm³/mol. The minimum atomic E-state index is -3.27. The van der Waals surface area contributed by atoms with E-state index in [1.54, 1.807) is 14.2 Å². The first kappa shape index (κ1) is 19.9. The zero-order valence-corrected chi connectivity index (χ0v) is 17.0. The van der Waals surface area contributed by atoms with Gasteiger partial charge in [0, 0.05) is 19.6 Å². The molecule has 1 amide bonds. The van der Waals surface area contributed by atoms with Gasteiger partial charge in [0.05, 0.1) is 32.4 Å². The van der Waals surface area contributed by atoms with Gasteiger partial charge in [-0.3, -0.25) is 4.79 Å². The number of likely N-dealkylation sites (tertiary alicyclic amines) is 1. The Hall–Kier alpha value is -1.80. The predicted octanol–water partition coefficient (Wildman–Crippen LogP) is 2.04. The molecule has 2 heterocycles.